The van der Waals surface area contributed by atoms with Crippen LogP contribution in [-0.4, -0.2) is 34.2 Å². The lowest BCUT2D eigenvalue weighted by molar-refractivity contribution is 0.0527. The molecule has 3 N–H and O–H groups in total. The van der Waals surface area contributed by atoms with Crippen LogP contribution in [-0.2, 0) is 11.2 Å². The van der Waals surface area contributed by atoms with Crippen LogP contribution in [0.4, 0.5) is 11.5 Å². The summed E-state index contributed by atoms with van der Waals surface area (Å²) in [5.41, 5.74) is 6.36. The minimum Gasteiger partial charge on any atom is -0.462 e. The summed E-state index contributed by atoms with van der Waals surface area (Å²) in [6.07, 6.45) is 2.00. The summed E-state index contributed by atoms with van der Waals surface area (Å²) in [5, 5.41) is 6.75. The molecule has 0 atom stereocenters. The predicted octanol–water partition coefficient (Wildman–Crippen LogP) is 1.19. The molecule has 2 aromatic rings. The molecule has 2 heterocycles. The maximum atomic E-state index is 11.9. The van der Waals surface area contributed by atoms with E-state index < -0.39 is 5.97 Å². The van der Waals surface area contributed by atoms with Crippen molar-refractivity contribution in [2.24, 2.45) is 0 Å². The van der Waals surface area contributed by atoms with Crippen LogP contribution in [0, 0.1) is 6.92 Å². The van der Waals surface area contributed by atoms with Gasteiger partial charge in [0.2, 0.25) is 5.89 Å². The van der Waals surface area contributed by atoms with Crippen molar-refractivity contribution in [3.63, 3.8) is 0 Å². The Morgan fingerprint density at radius 2 is 2.33 bits per heavy atom. The number of nitrogens with two attached hydrogens (primary N) is 1. The van der Waals surface area contributed by atoms with Gasteiger partial charge in [-0.15, -0.1) is 0 Å². The first-order valence-corrected chi connectivity index (χ1v) is 6.56. The fourth-order valence-corrected chi connectivity index (χ4v) is 1.72. The monoisotopic (exact) mass is 291 g/mol. The van der Waals surface area contributed by atoms with Gasteiger partial charge in [0.15, 0.2) is 5.82 Å². The second kappa shape index (κ2) is 6.69. The molecule has 0 fully saturated rings. The van der Waals surface area contributed by atoms with E-state index >= 15 is 0 Å². The zero-order chi connectivity index (χ0) is 15.2. The first kappa shape index (κ1) is 14.8. The van der Waals surface area contributed by atoms with Crippen molar-refractivity contribution in [2.45, 2.75) is 20.3 Å². The molecule has 0 saturated heterocycles. The average molecular weight is 291 g/mol. The summed E-state index contributed by atoms with van der Waals surface area (Å²) in [4.78, 5) is 20.1. The van der Waals surface area contributed by atoms with Gasteiger partial charge in [0, 0.05) is 13.0 Å². The van der Waals surface area contributed by atoms with Crippen LogP contribution in [0.2, 0.25) is 0 Å². The molecule has 112 valence electrons. The minimum absolute atomic E-state index is 0.286. The second-order valence-electron chi connectivity index (χ2n) is 4.30. The van der Waals surface area contributed by atoms with E-state index in [0.29, 0.717) is 41.7 Å². The van der Waals surface area contributed by atoms with Crippen LogP contribution < -0.4 is 11.1 Å². The Kier molecular flexibility index (Phi) is 4.70. The number of esters is 1. The molecule has 0 aromatic carbocycles. The van der Waals surface area contributed by atoms with Crippen molar-refractivity contribution in [1.29, 1.82) is 0 Å². The topological polar surface area (TPSA) is 116 Å². The largest absolute Gasteiger partial charge is 0.462 e. The molecule has 0 aliphatic carbocycles. The van der Waals surface area contributed by atoms with Gasteiger partial charge in [-0.1, -0.05) is 5.16 Å². The summed E-state index contributed by atoms with van der Waals surface area (Å²) >= 11 is 0. The highest BCUT2D eigenvalue weighted by atomic mass is 16.5. The molecule has 0 radical (unpaired) electrons. The second-order valence-corrected chi connectivity index (χ2v) is 4.30. The lowest BCUT2D eigenvalue weighted by Gasteiger charge is -2.10. The van der Waals surface area contributed by atoms with Gasteiger partial charge in [0.05, 0.1) is 18.5 Å². The third-order valence-electron chi connectivity index (χ3n) is 2.61. The van der Waals surface area contributed by atoms with Crippen LogP contribution >= 0.6 is 0 Å². The zero-order valence-electron chi connectivity index (χ0n) is 11.9. The maximum absolute atomic E-state index is 11.9. The Balaban J connectivity index is 2.03. The van der Waals surface area contributed by atoms with E-state index in [1.165, 1.54) is 12.3 Å². The number of aryl methyl sites for hydroxylation is 1. The number of nitrogens with zero attached hydrogens (tertiary/aromatic N) is 3. The Hall–Kier alpha value is -2.64. The average Bonchev–Trinajstić information content (AvgIpc) is 2.86. The first-order valence-electron chi connectivity index (χ1n) is 6.56. The fraction of sp³-hybridized carbons (Fsp3) is 0.385. The van der Waals surface area contributed by atoms with Crippen LogP contribution in [0.25, 0.3) is 0 Å². The third-order valence-corrected chi connectivity index (χ3v) is 2.61. The van der Waals surface area contributed by atoms with Crippen LogP contribution in [0.5, 0.6) is 0 Å². The van der Waals surface area contributed by atoms with Gasteiger partial charge in [-0.3, -0.25) is 0 Å². The van der Waals surface area contributed by atoms with Gasteiger partial charge >= 0.3 is 5.97 Å². The quantitative estimate of drug-likeness (QED) is 0.762. The molecule has 2 rings (SSSR count). The number of hydrogen-bond donors (Lipinski definition) is 2. The first-order chi connectivity index (χ1) is 10.1. The summed E-state index contributed by atoms with van der Waals surface area (Å²) in [7, 11) is 0. The van der Waals surface area contributed by atoms with Crippen LogP contribution in [0.1, 0.15) is 29.0 Å². The SMILES string of the molecule is CCOC(=O)c1cc(N)cnc1NCCc1nc(C)no1. The number of aromatic nitrogens is 3. The minimum atomic E-state index is -0.464. The normalized spacial score (nSPS) is 10.4. The number of rotatable bonds is 6. The fourth-order valence-electron chi connectivity index (χ4n) is 1.72. The molecule has 8 heteroatoms. The molecule has 0 aliphatic heterocycles. The third kappa shape index (κ3) is 3.91. The van der Waals surface area contributed by atoms with E-state index in [1.807, 2.05) is 0 Å². The summed E-state index contributed by atoms with van der Waals surface area (Å²) < 4.78 is 9.98. The highest BCUT2D eigenvalue weighted by Gasteiger charge is 2.14. The molecule has 2 aromatic heterocycles. The van der Waals surface area contributed by atoms with Gasteiger partial charge in [-0.25, -0.2) is 9.78 Å². The van der Waals surface area contributed by atoms with E-state index in [1.54, 1.807) is 13.8 Å². The van der Waals surface area contributed by atoms with E-state index in [2.05, 4.69) is 20.4 Å². The van der Waals surface area contributed by atoms with Gasteiger partial charge < -0.3 is 20.3 Å². The Morgan fingerprint density at radius 3 is 3.00 bits per heavy atom. The van der Waals surface area contributed by atoms with Crippen molar-refractivity contribution < 1.29 is 14.1 Å². The molecule has 0 unspecified atom stereocenters. The number of nitrogens with one attached hydrogen (secondary N) is 1. The Labute approximate surface area is 121 Å². The van der Waals surface area contributed by atoms with Crippen LogP contribution in [0.3, 0.4) is 0 Å². The Bertz CT molecular complexity index is 626. The number of pyridine rings is 1. The molecular formula is C13H17N5O3. The number of carbonyl (C=O) groups is 1. The predicted molar refractivity (Wildman–Crippen MR) is 75.8 cm³/mol. The molecule has 21 heavy (non-hydrogen) atoms. The lowest BCUT2D eigenvalue weighted by Crippen LogP contribution is -2.14. The molecule has 0 spiro atoms. The van der Waals surface area contributed by atoms with Crippen LogP contribution in [0.15, 0.2) is 16.8 Å². The van der Waals surface area contributed by atoms with E-state index in [4.69, 9.17) is 15.0 Å². The lowest BCUT2D eigenvalue weighted by atomic mass is 10.2. The summed E-state index contributed by atoms with van der Waals surface area (Å²) in [6, 6.07) is 1.53. The zero-order valence-corrected chi connectivity index (χ0v) is 11.9. The van der Waals surface area contributed by atoms with Crippen molar-refractivity contribution in [2.75, 3.05) is 24.2 Å². The maximum Gasteiger partial charge on any atom is 0.341 e. The standard InChI is InChI=1S/C13H17N5O3/c1-3-20-13(19)10-6-9(14)7-16-12(10)15-5-4-11-17-8(2)18-21-11/h6-7H,3-5,14H2,1-2H3,(H,15,16). The van der Waals surface area contributed by atoms with Crippen molar-refractivity contribution >= 4 is 17.5 Å². The summed E-state index contributed by atoms with van der Waals surface area (Å²) in [5.74, 6) is 1.06. The molecule has 8 nitrogen and oxygen atoms in total. The van der Waals surface area contributed by atoms with Gasteiger partial charge in [0.25, 0.3) is 0 Å². The van der Waals surface area contributed by atoms with Crippen molar-refractivity contribution in [3.8, 4) is 0 Å². The molecule has 0 aliphatic rings. The van der Waals surface area contributed by atoms with Gasteiger partial charge in [-0.2, -0.15) is 4.98 Å². The number of carbonyl (C=O) groups excluding carboxylic acids is 1. The number of hydrogen-bond acceptors (Lipinski definition) is 8. The van der Waals surface area contributed by atoms with Gasteiger partial charge in [-0.05, 0) is 19.9 Å². The number of ether oxygens (including phenoxy) is 1. The van der Waals surface area contributed by atoms with Gasteiger partial charge in [0.1, 0.15) is 11.4 Å². The molecule has 0 saturated carbocycles. The van der Waals surface area contributed by atoms with E-state index in [-0.39, 0.29) is 6.61 Å². The molecular weight excluding hydrogens is 274 g/mol. The molecule has 0 bridgehead atoms. The smallest absolute Gasteiger partial charge is 0.341 e. The number of anilines is 2. The van der Waals surface area contributed by atoms with E-state index in [0.717, 1.165) is 0 Å². The highest BCUT2D eigenvalue weighted by molar-refractivity contribution is 5.95. The van der Waals surface area contributed by atoms with Crippen molar-refractivity contribution in [1.82, 2.24) is 15.1 Å². The Morgan fingerprint density at radius 1 is 1.52 bits per heavy atom. The summed E-state index contributed by atoms with van der Waals surface area (Å²) in [6.45, 7) is 4.27. The number of nitrogen functional groups attached to an aromatic ring is 1. The van der Waals surface area contributed by atoms with E-state index in [9.17, 15) is 4.79 Å². The highest BCUT2D eigenvalue weighted by Crippen LogP contribution is 2.16. The van der Waals surface area contributed by atoms with Crippen molar-refractivity contribution in [3.05, 3.63) is 29.5 Å². The molecule has 0 amide bonds.